The molecule has 0 saturated heterocycles. The Balaban J connectivity index is 2.46. The lowest BCUT2D eigenvalue weighted by Gasteiger charge is -2.22. The third kappa shape index (κ3) is 3.56. The molecule has 16 heavy (non-hydrogen) atoms. The number of hydrogen-bond acceptors (Lipinski definition) is 2. The van der Waals surface area contributed by atoms with Crippen molar-refractivity contribution in [3.05, 3.63) is 18.2 Å². The summed E-state index contributed by atoms with van der Waals surface area (Å²) in [5.74, 6) is 0.377. The number of rotatable bonds is 6. The van der Waals surface area contributed by atoms with Crippen molar-refractivity contribution < 1.29 is 8.78 Å². The van der Waals surface area contributed by atoms with Crippen molar-refractivity contribution in [2.75, 3.05) is 6.54 Å². The van der Waals surface area contributed by atoms with Crippen molar-refractivity contribution >= 4 is 0 Å². The molecule has 0 fully saturated rings. The highest BCUT2D eigenvalue weighted by Crippen LogP contribution is 2.18. The van der Waals surface area contributed by atoms with Crippen LogP contribution in [0.1, 0.15) is 39.6 Å². The zero-order chi connectivity index (χ0) is 12.2. The summed E-state index contributed by atoms with van der Waals surface area (Å²) >= 11 is 0. The van der Waals surface area contributed by atoms with E-state index in [-0.39, 0.29) is 5.41 Å². The molecule has 0 spiro atoms. The van der Waals surface area contributed by atoms with E-state index in [1.54, 1.807) is 0 Å². The van der Waals surface area contributed by atoms with Crippen LogP contribution in [0.3, 0.4) is 0 Å². The molecule has 0 aromatic carbocycles. The molecule has 0 aliphatic heterocycles. The van der Waals surface area contributed by atoms with E-state index in [1.807, 2.05) is 0 Å². The van der Waals surface area contributed by atoms with Crippen molar-refractivity contribution in [1.29, 1.82) is 0 Å². The van der Waals surface area contributed by atoms with Crippen LogP contribution in [0.15, 0.2) is 12.4 Å². The molecule has 0 aliphatic rings. The quantitative estimate of drug-likeness (QED) is 0.815. The first kappa shape index (κ1) is 13.1. The molecule has 92 valence electrons. The van der Waals surface area contributed by atoms with Gasteiger partial charge >= 0.3 is 6.55 Å². The molecule has 0 amide bonds. The van der Waals surface area contributed by atoms with Crippen molar-refractivity contribution in [2.45, 2.75) is 40.3 Å². The minimum Gasteiger partial charge on any atom is -0.309 e. The number of nitrogens with zero attached hydrogens (tertiary/aromatic N) is 2. The van der Waals surface area contributed by atoms with Gasteiger partial charge in [0.05, 0.1) is 6.54 Å². The standard InChI is InChI=1S/C11H19F2N3/c1-4-11(2,3)8-14-7-9-15-5-6-16(9)10(12)13/h5-6,10,14H,4,7-8H2,1-3H3. The molecule has 0 saturated carbocycles. The van der Waals surface area contributed by atoms with Gasteiger partial charge < -0.3 is 5.32 Å². The Hall–Kier alpha value is -0.970. The van der Waals surface area contributed by atoms with E-state index in [2.05, 4.69) is 31.1 Å². The number of alkyl halides is 2. The summed E-state index contributed by atoms with van der Waals surface area (Å²) in [6.45, 7) is 5.04. The van der Waals surface area contributed by atoms with Gasteiger partial charge in [-0.1, -0.05) is 20.8 Å². The third-order valence-corrected chi connectivity index (χ3v) is 2.80. The summed E-state index contributed by atoms with van der Waals surface area (Å²) in [5, 5.41) is 3.16. The van der Waals surface area contributed by atoms with E-state index in [0.29, 0.717) is 12.4 Å². The fraction of sp³-hybridized carbons (Fsp3) is 0.727. The van der Waals surface area contributed by atoms with Crippen molar-refractivity contribution in [3.8, 4) is 0 Å². The maximum absolute atomic E-state index is 12.5. The van der Waals surface area contributed by atoms with Crippen LogP contribution >= 0.6 is 0 Å². The van der Waals surface area contributed by atoms with Gasteiger partial charge in [-0.3, -0.25) is 4.57 Å². The van der Waals surface area contributed by atoms with Crippen LogP contribution in [-0.2, 0) is 6.54 Å². The molecule has 1 heterocycles. The zero-order valence-electron chi connectivity index (χ0n) is 10.0. The summed E-state index contributed by atoms with van der Waals surface area (Å²) in [4.78, 5) is 3.90. The van der Waals surface area contributed by atoms with Crippen LogP contribution < -0.4 is 5.32 Å². The van der Waals surface area contributed by atoms with Gasteiger partial charge in [-0.05, 0) is 11.8 Å². The van der Waals surface area contributed by atoms with Crippen LogP contribution in [0, 0.1) is 5.41 Å². The van der Waals surface area contributed by atoms with E-state index in [0.717, 1.165) is 17.5 Å². The second kappa shape index (κ2) is 5.39. The summed E-state index contributed by atoms with van der Waals surface area (Å²) in [6.07, 6.45) is 3.74. The van der Waals surface area contributed by atoms with E-state index in [4.69, 9.17) is 0 Å². The first-order valence-corrected chi connectivity index (χ1v) is 5.47. The van der Waals surface area contributed by atoms with E-state index < -0.39 is 6.55 Å². The topological polar surface area (TPSA) is 29.9 Å². The van der Waals surface area contributed by atoms with Crippen LogP contribution in [0.4, 0.5) is 8.78 Å². The van der Waals surface area contributed by atoms with Crippen molar-refractivity contribution in [1.82, 2.24) is 14.9 Å². The monoisotopic (exact) mass is 231 g/mol. The van der Waals surface area contributed by atoms with Crippen LogP contribution in [-0.4, -0.2) is 16.1 Å². The van der Waals surface area contributed by atoms with E-state index >= 15 is 0 Å². The average molecular weight is 231 g/mol. The van der Waals surface area contributed by atoms with Crippen LogP contribution in [0.5, 0.6) is 0 Å². The Morgan fingerprint density at radius 3 is 2.75 bits per heavy atom. The first-order valence-electron chi connectivity index (χ1n) is 5.47. The van der Waals surface area contributed by atoms with Gasteiger partial charge in [-0.2, -0.15) is 8.78 Å². The average Bonchev–Trinajstić information content (AvgIpc) is 2.66. The molecular formula is C11H19F2N3. The lowest BCUT2D eigenvalue weighted by atomic mass is 9.90. The molecule has 1 rings (SSSR count). The summed E-state index contributed by atoms with van der Waals surface area (Å²) in [6, 6.07) is 0. The molecule has 3 nitrogen and oxygen atoms in total. The molecule has 0 atom stereocenters. The van der Waals surface area contributed by atoms with Gasteiger partial charge in [0, 0.05) is 18.9 Å². The number of nitrogens with one attached hydrogen (secondary N) is 1. The minimum absolute atomic E-state index is 0.183. The fourth-order valence-electron chi connectivity index (χ4n) is 1.30. The lowest BCUT2D eigenvalue weighted by Crippen LogP contribution is -2.29. The molecule has 0 aliphatic carbocycles. The Kier molecular flexibility index (Phi) is 4.41. The highest BCUT2D eigenvalue weighted by Gasteiger charge is 2.15. The molecule has 1 N–H and O–H groups in total. The number of aromatic nitrogens is 2. The maximum atomic E-state index is 12.5. The minimum atomic E-state index is -2.52. The van der Waals surface area contributed by atoms with Gasteiger partial charge in [0.15, 0.2) is 0 Å². The number of imidazole rings is 1. The predicted molar refractivity (Wildman–Crippen MR) is 59.3 cm³/mol. The van der Waals surface area contributed by atoms with Gasteiger partial charge in [-0.25, -0.2) is 4.98 Å². The second-order valence-corrected chi connectivity index (χ2v) is 4.65. The van der Waals surface area contributed by atoms with Gasteiger partial charge in [0.25, 0.3) is 0 Å². The molecule has 1 aromatic rings. The normalized spacial score (nSPS) is 12.4. The molecule has 0 bridgehead atoms. The summed E-state index contributed by atoms with van der Waals surface area (Å²) in [7, 11) is 0. The summed E-state index contributed by atoms with van der Waals surface area (Å²) < 4.78 is 25.8. The number of halogens is 2. The van der Waals surface area contributed by atoms with Gasteiger partial charge in [-0.15, -0.1) is 0 Å². The van der Waals surface area contributed by atoms with Gasteiger partial charge in [0.1, 0.15) is 5.82 Å². The molecule has 0 unspecified atom stereocenters. The van der Waals surface area contributed by atoms with Gasteiger partial charge in [0.2, 0.25) is 0 Å². The maximum Gasteiger partial charge on any atom is 0.319 e. The zero-order valence-corrected chi connectivity index (χ0v) is 10.0. The number of hydrogen-bond donors (Lipinski definition) is 1. The SMILES string of the molecule is CCC(C)(C)CNCc1nccn1C(F)F. The smallest absolute Gasteiger partial charge is 0.309 e. The van der Waals surface area contributed by atoms with Crippen molar-refractivity contribution in [3.63, 3.8) is 0 Å². The third-order valence-electron chi connectivity index (χ3n) is 2.80. The Bertz CT molecular complexity index is 321. The highest BCUT2D eigenvalue weighted by atomic mass is 19.3. The summed E-state index contributed by atoms with van der Waals surface area (Å²) in [5.41, 5.74) is 0.183. The lowest BCUT2D eigenvalue weighted by molar-refractivity contribution is 0.0665. The Morgan fingerprint density at radius 2 is 2.19 bits per heavy atom. The predicted octanol–water partition coefficient (Wildman–Crippen LogP) is 2.80. The highest BCUT2D eigenvalue weighted by molar-refractivity contribution is 4.92. The molecule has 1 aromatic heterocycles. The van der Waals surface area contributed by atoms with Crippen molar-refractivity contribution in [2.24, 2.45) is 5.41 Å². The largest absolute Gasteiger partial charge is 0.319 e. The van der Waals surface area contributed by atoms with Crippen LogP contribution in [0.25, 0.3) is 0 Å². The molecular weight excluding hydrogens is 212 g/mol. The second-order valence-electron chi connectivity index (χ2n) is 4.65. The fourth-order valence-corrected chi connectivity index (χ4v) is 1.30. The molecule has 0 radical (unpaired) electrons. The molecule has 5 heteroatoms. The van der Waals surface area contributed by atoms with E-state index in [1.165, 1.54) is 12.4 Å². The first-order chi connectivity index (χ1) is 7.46. The van der Waals surface area contributed by atoms with Crippen LogP contribution in [0.2, 0.25) is 0 Å². The van der Waals surface area contributed by atoms with E-state index in [9.17, 15) is 8.78 Å². The Labute approximate surface area is 94.9 Å². The Morgan fingerprint density at radius 1 is 1.50 bits per heavy atom.